The maximum absolute atomic E-state index is 10.9. The molecule has 0 spiro atoms. The summed E-state index contributed by atoms with van der Waals surface area (Å²) >= 11 is 0. The second-order valence-electron chi connectivity index (χ2n) is 5.76. The highest BCUT2D eigenvalue weighted by Crippen LogP contribution is 2.26. The minimum Gasteiger partial charge on any atom is -0.464 e. The van der Waals surface area contributed by atoms with E-state index in [9.17, 15) is 4.79 Å². The fraction of sp³-hybridized carbons (Fsp3) is 0.889. The molecule has 0 saturated carbocycles. The van der Waals surface area contributed by atoms with E-state index >= 15 is 0 Å². The van der Waals surface area contributed by atoms with Crippen LogP contribution in [0.1, 0.15) is 6.92 Å². The number of ether oxygens (including phenoxy) is 1. The van der Waals surface area contributed by atoms with Gasteiger partial charge in [0.2, 0.25) is 0 Å². The van der Waals surface area contributed by atoms with Crippen LogP contribution in [0.5, 0.6) is 0 Å². The average Bonchev–Trinajstić information content (AvgIpc) is 2.06. The summed E-state index contributed by atoms with van der Waals surface area (Å²) in [5.41, 5.74) is 0. The Bertz CT molecular complexity index is 324. The highest BCUT2D eigenvalue weighted by molar-refractivity contribution is 6.89. The van der Waals surface area contributed by atoms with Crippen LogP contribution in [0.4, 0.5) is 0 Å². The first kappa shape index (κ1) is 17.2. The van der Waals surface area contributed by atoms with Gasteiger partial charge in [0.05, 0.1) is 0 Å². The highest BCUT2D eigenvalue weighted by Gasteiger charge is 2.48. The first-order chi connectivity index (χ1) is 8.41. The number of hydrogen-bond donors (Lipinski definition) is 0. The predicted octanol–water partition coefficient (Wildman–Crippen LogP) is 1.76. The average molecular weight is 340 g/mol. The molecular formula is C9H23O6Si4. The molecule has 1 aliphatic rings. The van der Waals surface area contributed by atoms with Gasteiger partial charge in [-0.05, 0) is 39.3 Å². The number of esters is 1. The summed E-state index contributed by atoms with van der Waals surface area (Å²) in [7, 11) is -8.58. The molecule has 0 N–H and O–H groups in total. The summed E-state index contributed by atoms with van der Waals surface area (Å²) < 4.78 is 29.3. The van der Waals surface area contributed by atoms with Crippen LogP contribution in [0.2, 0.25) is 39.3 Å². The third-order valence-electron chi connectivity index (χ3n) is 2.10. The molecule has 6 nitrogen and oxygen atoms in total. The molecule has 0 aromatic carbocycles. The van der Waals surface area contributed by atoms with Gasteiger partial charge in [-0.3, -0.25) is 4.79 Å². The predicted molar refractivity (Wildman–Crippen MR) is 79.2 cm³/mol. The Labute approximate surface area is 119 Å². The molecule has 0 aromatic rings. The van der Waals surface area contributed by atoms with Gasteiger partial charge < -0.3 is 21.2 Å². The molecule has 0 atom stereocenters. The monoisotopic (exact) mass is 339 g/mol. The summed E-state index contributed by atoms with van der Waals surface area (Å²) in [6.07, 6.45) is 0.168. The van der Waals surface area contributed by atoms with E-state index in [0.717, 1.165) is 0 Å². The van der Waals surface area contributed by atoms with Crippen LogP contribution in [0, 0.1) is 0 Å². The van der Waals surface area contributed by atoms with Gasteiger partial charge in [0.15, 0.2) is 0 Å². The summed E-state index contributed by atoms with van der Waals surface area (Å²) in [4.78, 5) is 10.9. The van der Waals surface area contributed by atoms with Crippen LogP contribution in [0.3, 0.4) is 0 Å². The lowest BCUT2D eigenvalue weighted by molar-refractivity contribution is -0.139. The Kier molecular flexibility index (Phi) is 5.34. The lowest BCUT2D eigenvalue weighted by atomic mass is 10.8. The van der Waals surface area contributed by atoms with Crippen molar-refractivity contribution >= 4 is 40.9 Å². The molecule has 1 saturated heterocycles. The Hall–Kier alpha value is 0.178. The zero-order valence-electron chi connectivity index (χ0n) is 12.7. The summed E-state index contributed by atoms with van der Waals surface area (Å²) in [5.74, 6) is -0.331. The molecule has 1 radical (unpaired) electrons. The van der Waals surface area contributed by atoms with Crippen molar-refractivity contribution in [2.45, 2.75) is 46.2 Å². The zero-order valence-corrected chi connectivity index (χ0v) is 16.7. The lowest BCUT2D eigenvalue weighted by Crippen LogP contribution is -2.62. The van der Waals surface area contributed by atoms with Crippen molar-refractivity contribution in [1.82, 2.24) is 0 Å². The smallest absolute Gasteiger partial charge is 0.407 e. The lowest BCUT2D eigenvalue weighted by Gasteiger charge is -2.43. The topological polar surface area (TPSA) is 63.2 Å². The minimum atomic E-state index is -2.32. The first-order valence-electron chi connectivity index (χ1n) is 6.18. The standard InChI is InChI=1S/C9H23O6Si4/c1-9(10)11-8-16-12-17(2,3)14-19(6,7)15-18(4,5)13-16/h8H2,1-7H3. The Morgan fingerprint density at radius 1 is 0.947 bits per heavy atom. The van der Waals surface area contributed by atoms with Crippen LogP contribution in [-0.2, 0) is 26.0 Å². The van der Waals surface area contributed by atoms with Crippen LogP contribution in [0.25, 0.3) is 0 Å². The van der Waals surface area contributed by atoms with E-state index in [1.807, 2.05) is 39.3 Å². The van der Waals surface area contributed by atoms with E-state index < -0.39 is 35.0 Å². The maximum atomic E-state index is 10.9. The molecular weight excluding hydrogens is 316 g/mol. The molecule has 10 heteroatoms. The van der Waals surface area contributed by atoms with E-state index in [-0.39, 0.29) is 12.2 Å². The van der Waals surface area contributed by atoms with Gasteiger partial charge in [0, 0.05) is 6.92 Å². The van der Waals surface area contributed by atoms with Gasteiger partial charge in [-0.25, -0.2) is 0 Å². The van der Waals surface area contributed by atoms with E-state index in [1.165, 1.54) is 6.92 Å². The van der Waals surface area contributed by atoms with Crippen molar-refractivity contribution in [3.63, 3.8) is 0 Å². The third-order valence-corrected chi connectivity index (χ3v) is 16.1. The molecule has 0 amide bonds. The number of rotatable bonds is 2. The Morgan fingerprint density at radius 3 is 1.74 bits per heavy atom. The van der Waals surface area contributed by atoms with Gasteiger partial charge >= 0.3 is 40.9 Å². The minimum absolute atomic E-state index is 0.168. The van der Waals surface area contributed by atoms with Crippen LogP contribution >= 0.6 is 0 Å². The van der Waals surface area contributed by atoms with Crippen molar-refractivity contribution in [3.05, 3.63) is 0 Å². The van der Waals surface area contributed by atoms with Gasteiger partial charge in [-0.1, -0.05) is 0 Å². The number of carbonyl (C=O) groups excluding carboxylic acids is 1. The Morgan fingerprint density at radius 2 is 1.37 bits per heavy atom. The zero-order chi connectivity index (χ0) is 14.9. The molecule has 111 valence electrons. The number of carbonyl (C=O) groups is 1. The summed E-state index contributed by atoms with van der Waals surface area (Å²) in [6.45, 7) is 13.2. The van der Waals surface area contributed by atoms with Gasteiger partial charge in [-0.15, -0.1) is 0 Å². The molecule has 1 rings (SSSR count). The quantitative estimate of drug-likeness (QED) is 0.564. The molecule has 0 aliphatic carbocycles. The van der Waals surface area contributed by atoms with Crippen LogP contribution in [-0.4, -0.2) is 47.2 Å². The van der Waals surface area contributed by atoms with E-state index in [2.05, 4.69) is 0 Å². The molecule has 1 aliphatic heterocycles. The van der Waals surface area contributed by atoms with Gasteiger partial charge in [0.1, 0.15) is 6.23 Å². The first-order valence-corrected chi connectivity index (χ1v) is 16.2. The van der Waals surface area contributed by atoms with Crippen molar-refractivity contribution in [2.75, 3.05) is 6.23 Å². The van der Waals surface area contributed by atoms with Crippen LogP contribution < -0.4 is 0 Å². The van der Waals surface area contributed by atoms with E-state index in [0.29, 0.717) is 0 Å². The summed E-state index contributed by atoms with van der Waals surface area (Å²) in [6, 6.07) is 0. The molecule has 0 unspecified atom stereocenters. The highest BCUT2D eigenvalue weighted by atomic mass is 28.5. The van der Waals surface area contributed by atoms with Crippen molar-refractivity contribution < 1.29 is 26.0 Å². The largest absolute Gasteiger partial charge is 0.464 e. The van der Waals surface area contributed by atoms with Gasteiger partial charge in [-0.2, -0.15) is 0 Å². The van der Waals surface area contributed by atoms with Crippen LogP contribution in [0.15, 0.2) is 0 Å². The summed E-state index contributed by atoms with van der Waals surface area (Å²) in [5, 5.41) is 0. The second kappa shape index (κ2) is 5.89. The fourth-order valence-electron chi connectivity index (χ4n) is 2.03. The molecule has 1 heterocycles. The molecule has 0 bridgehead atoms. The van der Waals surface area contributed by atoms with Gasteiger partial charge in [0.25, 0.3) is 0 Å². The third kappa shape index (κ3) is 6.44. The van der Waals surface area contributed by atoms with Crippen molar-refractivity contribution in [2.24, 2.45) is 0 Å². The Balaban J connectivity index is 2.82. The molecule has 19 heavy (non-hydrogen) atoms. The van der Waals surface area contributed by atoms with Crippen molar-refractivity contribution in [3.8, 4) is 0 Å². The molecule has 1 fully saturated rings. The SMILES string of the molecule is CC(=O)OC[Si]1O[Si](C)(C)O[Si](C)(C)O[Si](C)(C)O1. The van der Waals surface area contributed by atoms with E-state index in [4.69, 9.17) is 21.2 Å². The number of hydrogen-bond acceptors (Lipinski definition) is 6. The van der Waals surface area contributed by atoms with E-state index in [1.54, 1.807) is 0 Å². The normalized spacial score (nSPS) is 26.3. The van der Waals surface area contributed by atoms with Crippen molar-refractivity contribution in [1.29, 1.82) is 0 Å². The maximum Gasteiger partial charge on any atom is 0.407 e. The fourth-order valence-corrected chi connectivity index (χ4v) is 18.9. The second-order valence-corrected chi connectivity index (χ2v) is 18.5. The molecule has 0 aromatic heterocycles.